The first-order valence-electron chi connectivity index (χ1n) is 9.07. The van der Waals surface area contributed by atoms with Crippen LogP contribution in [0.25, 0.3) is 11.6 Å². The van der Waals surface area contributed by atoms with Crippen LogP contribution in [0.15, 0.2) is 30.9 Å². The molecule has 1 aliphatic rings. The zero-order chi connectivity index (χ0) is 20.5. The monoisotopic (exact) mass is 394 g/mol. The smallest absolute Gasteiger partial charge is 0.256 e. The third-order valence-corrected chi connectivity index (χ3v) is 4.85. The molecule has 4 rings (SSSR count). The predicted molar refractivity (Wildman–Crippen MR) is 106 cm³/mol. The second-order valence-electron chi connectivity index (χ2n) is 6.78. The van der Waals surface area contributed by atoms with Gasteiger partial charge in [0, 0.05) is 29.2 Å². The van der Waals surface area contributed by atoms with Crippen LogP contribution in [0.5, 0.6) is 0 Å². The number of H-pyrrole nitrogens is 1. The minimum Gasteiger partial charge on any atom is -0.358 e. The van der Waals surface area contributed by atoms with E-state index in [4.69, 9.17) is 0 Å². The largest absolute Gasteiger partial charge is 0.358 e. The van der Waals surface area contributed by atoms with Crippen LogP contribution < -0.4 is 10.6 Å². The van der Waals surface area contributed by atoms with Gasteiger partial charge in [-0.3, -0.25) is 14.3 Å². The number of nitrogens with zero attached hydrogens (tertiary/aromatic N) is 3. The molecule has 0 aliphatic carbocycles. The number of nitrogens with one attached hydrogen (secondary N) is 3. The van der Waals surface area contributed by atoms with Gasteiger partial charge in [-0.15, -0.1) is 0 Å². The van der Waals surface area contributed by atoms with E-state index in [1.54, 1.807) is 24.0 Å². The molecule has 0 spiro atoms. The maximum absolute atomic E-state index is 13.6. The summed E-state index contributed by atoms with van der Waals surface area (Å²) in [4.78, 5) is 32.0. The summed E-state index contributed by atoms with van der Waals surface area (Å²) in [5.41, 5.74) is 3.97. The molecule has 0 fully saturated rings. The van der Waals surface area contributed by atoms with Crippen molar-refractivity contribution in [3.63, 3.8) is 0 Å². The molecule has 2 aromatic heterocycles. The number of fused-ring (bicyclic) bond motifs is 1. The number of rotatable bonds is 5. The summed E-state index contributed by atoms with van der Waals surface area (Å²) in [6, 6.07) is 4.15. The van der Waals surface area contributed by atoms with Gasteiger partial charge < -0.3 is 15.6 Å². The van der Waals surface area contributed by atoms with Crippen LogP contribution in [-0.2, 0) is 11.3 Å². The quantitative estimate of drug-likeness (QED) is 0.578. The third kappa shape index (κ3) is 3.54. The van der Waals surface area contributed by atoms with Gasteiger partial charge in [0.05, 0.1) is 17.7 Å². The second-order valence-corrected chi connectivity index (χ2v) is 6.78. The zero-order valence-corrected chi connectivity index (χ0v) is 15.9. The fourth-order valence-electron chi connectivity index (χ4n) is 3.43. The number of amides is 2. The molecule has 9 heteroatoms. The number of anilines is 1. The maximum atomic E-state index is 13.6. The Hall–Kier alpha value is -3.75. The molecule has 8 nitrogen and oxygen atoms in total. The molecule has 0 radical (unpaired) electrons. The topological polar surface area (TPSA) is 105 Å². The Morgan fingerprint density at radius 1 is 1.34 bits per heavy atom. The van der Waals surface area contributed by atoms with Gasteiger partial charge in [0.2, 0.25) is 0 Å². The van der Waals surface area contributed by atoms with Crippen LogP contribution in [0, 0.1) is 19.7 Å². The first-order chi connectivity index (χ1) is 13.9. The summed E-state index contributed by atoms with van der Waals surface area (Å²) in [5.74, 6) is -0.947. The molecule has 0 saturated carbocycles. The summed E-state index contributed by atoms with van der Waals surface area (Å²) in [6.45, 7) is 4.51. The van der Waals surface area contributed by atoms with Crippen LogP contribution in [0.2, 0.25) is 0 Å². The average Bonchev–Trinajstić information content (AvgIpc) is 3.36. The van der Waals surface area contributed by atoms with Gasteiger partial charge in [-0.2, -0.15) is 5.10 Å². The standard InChI is InChI=1S/C20H19FN6O2/c1-11-17(8-15-14-7-13(21)3-4-16(14)26-19(15)28)25-12(2)18(11)20(29)23-5-6-27-10-22-9-24-27/h3-4,7-10,25H,5-6H2,1-2H3,(H,23,29)(H,26,28)/b15-8-. The molecule has 1 aromatic carbocycles. The van der Waals surface area contributed by atoms with Crippen LogP contribution in [0.3, 0.4) is 0 Å². The van der Waals surface area contributed by atoms with Crippen molar-refractivity contribution in [3.8, 4) is 0 Å². The number of halogens is 1. The lowest BCUT2D eigenvalue weighted by Crippen LogP contribution is -2.28. The Morgan fingerprint density at radius 2 is 2.17 bits per heavy atom. The number of hydrogen-bond donors (Lipinski definition) is 3. The van der Waals surface area contributed by atoms with Crippen LogP contribution >= 0.6 is 0 Å². The van der Waals surface area contributed by atoms with E-state index in [-0.39, 0.29) is 11.8 Å². The van der Waals surface area contributed by atoms with Gasteiger partial charge in [-0.1, -0.05) is 0 Å². The molecule has 29 heavy (non-hydrogen) atoms. The summed E-state index contributed by atoms with van der Waals surface area (Å²) in [5, 5.41) is 9.57. The fraction of sp³-hybridized carbons (Fsp3) is 0.200. The van der Waals surface area contributed by atoms with Crippen LogP contribution in [0.1, 0.15) is 32.9 Å². The zero-order valence-electron chi connectivity index (χ0n) is 15.9. The molecule has 3 aromatic rings. The summed E-state index contributed by atoms with van der Waals surface area (Å²) in [6.07, 6.45) is 4.66. The van der Waals surface area contributed by atoms with Gasteiger partial charge in [0.25, 0.3) is 11.8 Å². The van der Waals surface area contributed by atoms with Crippen molar-refractivity contribution in [2.24, 2.45) is 0 Å². The van der Waals surface area contributed by atoms with Crippen LogP contribution in [-0.4, -0.2) is 38.1 Å². The molecule has 2 amide bonds. The lowest BCUT2D eigenvalue weighted by atomic mass is 10.0. The van der Waals surface area contributed by atoms with E-state index >= 15 is 0 Å². The van der Waals surface area contributed by atoms with Gasteiger partial charge in [-0.25, -0.2) is 9.37 Å². The Labute approximate surface area is 165 Å². The number of aromatic nitrogens is 4. The Kier molecular flexibility index (Phi) is 4.71. The molecular formula is C20H19FN6O2. The van der Waals surface area contributed by atoms with Crippen molar-refractivity contribution in [1.29, 1.82) is 0 Å². The molecule has 148 valence electrons. The van der Waals surface area contributed by atoms with Gasteiger partial charge >= 0.3 is 0 Å². The molecule has 0 unspecified atom stereocenters. The minimum atomic E-state index is -0.419. The summed E-state index contributed by atoms with van der Waals surface area (Å²) < 4.78 is 15.3. The Bertz CT molecular complexity index is 1130. The van der Waals surface area contributed by atoms with Crippen molar-refractivity contribution < 1.29 is 14.0 Å². The lowest BCUT2D eigenvalue weighted by Gasteiger charge is -2.06. The number of aryl methyl sites for hydroxylation is 1. The van der Waals surface area contributed by atoms with Gasteiger partial charge in [-0.05, 0) is 43.7 Å². The number of carbonyl (C=O) groups excluding carboxylic acids is 2. The van der Waals surface area contributed by atoms with Crippen molar-refractivity contribution in [2.45, 2.75) is 20.4 Å². The first kappa shape index (κ1) is 18.6. The van der Waals surface area contributed by atoms with Crippen molar-refractivity contribution in [1.82, 2.24) is 25.1 Å². The van der Waals surface area contributed by atoms with Crippen molar-refractivity contribution >= 4 is 29.2 Å². The summed E-state index contributed by atoms with van der Waals surface area (Å²) in [7, 11) is 0. The van der Waals surface area contributed by atoms with Crippen molar-refractivity contribution in [2.75, 3.05) is 11.9 Å². The Morgan fingerprint density at radius 3 is 2.93 bits per heavy atom. The number of benzene rings is 1. The molecule has 1 aliphatic heterocycles. The number of carbonyl (C=O) groups is 2. The highest BCUT2D eigenvalue weighted by Crippen LogP contribution is 2.34. The van der Waals surface area contributed by atoms with E-state index in [2.05, 4.69) is 25.7 Å². The third-order valence-electron chi connectivity index (χ3n) is 4.85. The number of hydrogen-bond acceptors (Lipinski definition) is 4. The minimum absolute atomic E-state index is 0.219. The van der Waals surface area contributed by atoms with E-state index in [9.17, 15) is 14.0 Å². The molecule has 0 saturated heterocycles. The summed E-state index contributed by atoms with van der Waals surface area (Å²) >= 11 is 0. The molecule has 0 bridgehead atoms. The normalized spacial score (nSPS) is 14.2. The maximum Gasteiger partial charge on any atom is 0.256 e. The van der Waals surface area contributed by atoms with Crippen molar-refractivity contribution in [3.05, 3.63) is 64.7 Å². The highest BCUT2D eigenvalue weighted by atomic mass is 19.1. The SMILES string of the molecule is Cc1[nH]c(/C=C2\C(=O)Nc3ccc(F)cc32)c(C)c1C(=O)NCCn1cncn1. The predicted octanol–water partition coefficient (Wildman–Crippen LogP) is 2.28. The van der Waals surface area contributed by atoms with E-state index in [1.807, 2.05) is 6.92 Å². The van der Waals surface area contributed by atoms with E-state index in [0.29, 0.717) is 52.4 Å². The molecular weight excluding hydrogens is 375 g/mol. The molecule has 0 atom stereocenters. The number of aromatic amines is 1. The fourth-order valence-corrected chi connectivity index (χ4v) is 3.43. The highest BCUT2D eigenvalue weighted by molar-refractivity contribution is 6.34. The Balaban J connectivity index is 1.58. The molecule has 3 N–H and O–H groups in total. The lowest BCUT2D eigenvalue weighted by molar-refractivity contribution is -0.110. The van der Waals surface area contributed by atoms with E-state index < -0.39 is 5.82 Å². The highest BCUT2D eigenvalue weighted by Gasteiger charge is 2.26. The van der Waals surface area contributed by atoms with Gasteiger partial charge in [0.1, 0.15) is 18.5 Å². The average molecular weight is 394 g/mol. The molecule has 3 heterocycles. The van der Waals surface area contributed by atoms with E-state index in [0.717, 1.165) is 0 Å². The first-order valence-corrected chi connectivity index (χ1v) is 9.07. The van der Waals surface area contributed by atoms with Crippen LogP contribution in [0.4, 0.5) is 10.1 Å². The second kappa shape index (κ2) is 7.34. The van der Waals surface area contributed by atoms with Gasteiger partial charge in [0.15, 0.2) is 0 Å². The van der Waals surface area contributed by atoms with E-state index in [1.165, 1.54) is 24.5 Å².